The number of hydrogen-bond donors (Lipinski definition) is 1. The summed E-state index contributed by atoms with van der Waals surface area (Å²) in [6.45, 7) is 6.11. The third kappa shape index (κ3) is 1.40. The van der Waals surface area contributed by atoms with Gasteiger partial charge in [0.15, 0.2) is 0 Å². The van der Waals surface area contributed by atoms with Crippen LogP contribution >= 0.6 is 0 Å². The van der Waals surface area contributed by atoms with Crippen LogP contribution in [0.3, 0.4) is 0 Å². The van der Waals surface area contributed by atoms with Crippen LogP contribution in [0.4, 0.5) is 0 Å². The summed E-state index contributed by atoms with van der Waals surface area (Å²) in [7, 11) is 0. The van der Waals surface area contributed by atoms with E-state index < -0.39 is 0 Å². The van der Waals surface area contributed by atoms with Gasteiger partial charge in [-0.05, 0) is 50.8 Å². The molecule has 0 aromatic heterocycles. The first-order valence-corrected chi connectivity index (χ1v) is 5.01. The zero-order valence-corrected chi connectivity index (χ0v) is 7.68. The van der Waals surface area contributed by atoms with E-state index in [4.69, 9.17) is 0 Å². The fourth-order valence-electron chi connectivity index (χ4n) is 2.62. The lowest BCUT2D eigenvalue weighted by Gasteiger charge is -2.35. The lowest BCUT2D eigenvalue weighted by Crippen LogP contribution is -2.30. The molecule has 68 valence electrons. The van der Waals surface area contributed by atoms with Gasteiger partial charge in [0, 0.05) is 12.6 Å². The molecule has 12 heavy (non-hydrogen) atoms. The van der Waals surface area contributed by atoms with Crippen LogP contribution in [-0.4, -0.2) is 25.8 Å². The molecular weight excluding hydrogens is 148 g/mol. The third-order valence-electron chi connectivity index (χ3n) is 3.61. The molecule has 1 aliphatic heterocycles. The number of nitrogens with zero attached hydrogens (tertiary/aromatic N) is 1. The summed E-state index contributed by atoms with van der Waals surface area (Å²) in [4.78, 5) is 4.13. The summed E-state index contributed by atoms with van der Waals surface area (Å²) in [6.07, 6.45) is 6.65. The average Bonchev–Trinajstić information content (AvgIpc) is 2.55. The van der Waals surface area contributed by atoms with Gasteiger partial charge in [0.05, 0.1) is 0 Å². The van der Waals surface area contributed by atoms with Crippen molar-refractivity contribution in [2.75, 3.05) is 13.1 Å². The Labute approximate surface area is 74.5 Å². The Balaban J connectivity index is 1.92. The van der Waals surface area contributed by atoms with Crippen molar-refractivity contribution in [2.45, 2.75) is 38.1 Å². The average molecular weight is 166 g/mol. The van der Waals surface area contributed by atoms with E-state index in [0.29, 0.717) is 11.5 Å². The molecule has 1 N–H and O–H groups in total. The van der Waals surface area contributed by atoms with Gasteiger partial charge >= 0.3 is 0 Å². The zero-order chi connectivity index (χ0) is 8.44. The molecule has 0 bridgehead atoms. The van der Waals surface area contributed by atoms with Crippen molar-refractivity contribution < 1.29 is 0 Å². The van der Waals surface area contributed by atoms with E-state index in [9.17, 15) is 0 Å². The summed E-state index contributed by atoms with van der Waals surface area (Å²) < 4.78 is 0. The molecule has 1 saturated carbocycles. The normalized spacial score (nSPS) is 41.8. The van der Waals surface area contributed by atoms with Crippen LogP contribution in [0.15, 0.2) is 4.99 Å². The van der Waals surface area contributed by atoms with Crippen LogP contribution in [0, 0.1) is 5.41 Å². The predicted molar refractivity (Wildman–Crippen MR) is 51.7 cm³/mol. The number of nitrogens with one attached hydrogen (secondary N) is 1. The van der Waals surface area contributed by atoms with Crippen LogP contribution in [-0.2, 0) is 0 Å². The Morgan fingerprint density at radius 1 is 1.25 bits per heavy atom. The Bertz CT molecular complexity index is 161. The van der Waals surface area contributed by atoms with E-state index >= 15 is 0 Å². The highest BCUT2D eigenvalue weighted by Crippen LogP contribution is 2.41. The van der Waals surface area contributed by atoms with Crippen molar-refractivity contribution >= 4 is 6.72 Å². The summed E-state index contributed by atoms with van der Waals surface area (Å²) in [5, 5.41) is 3.47. The highest BCUT2D eigenvalue weighted by molar-refractivity contribution is 5.24. The van der Waals surface area contributed by atoms with E-state index in [1.54, 1.807) is 0 Å². The molecule has 2 fully saturated rings. The topological polar surface area (TPSA) is 24.4 Å². The van der Waals surface area contributed by atoms with E-state index in [0.717, 1.165) is 0 Å². The van der Waals surface area contributed by atoms with Gasteiger partial charge in [0.25, 0.3) is 0 Å². The Kier molecular flexibility index (Phi) is 2.18. The zero-order valence-electron chi connectivity index (χ0n) is 7.68. The van der Waals surface area contributed by atoms with E-state index in [1.165, 1.54) is 45.2 Å². The van der Waals surface area contributed by atoms with Crippen molar-refractivity contribution in [3.8, 4) is 0 Å². The Hall–Kier alpha value is -0.370. The SMILES string of the molecule is C=NC1CCC2(CCNC2)CC1. The third-order valence-corrected chi connectivity index (χ3v) is 3.61. The summed E-state index contributed by atoms with van der Waals surface area (Å²) in [6, 6.07) is 0.566. The number of rotatable bonds is 1. The van der Waals surface area contributed by atoms with Crippen molar-refractivity contribution in [3.05, 3.63) is 0 Å². The molecule has 0 amide bonds. The molecule has 0 aromatic rings. The van der Waals surface area contributed by atoms with Gasteiger partial charge in [-0.2, -0.15) is 0 Å². The van der Waals surface area contributed by atoms with E-state index in [2.05, 4.69) is 17.0 Å². The van der Waals surface area contributed by atoms with E-state index in [-0.39, 0.29) is 0 Å². The maximum absolute atomic E-state index is 4.13. The molecule has 1 heterocycles. The van der Waals surface area contributed by atoms with Crippen LogP contribution in [0.2, 0.25) is 0 Å². The number of aliphatic imine (C=N–C) groups is 1. The minimum Gasteiger partial charge on any atom is -0.316 e. The van der Waals surface area contributed by atoms with Crippen molar-refractivity contribution in [2.24, 2.45) is 10.4 Å². The van der Waals surface area contributed by atoms with Crippen LogP contribution in [0.25, 0.3) is 0 Å². The summed E-state index contributed by atoms with van der Waals surface area (Å²) in [5.74, 6) is 0. The van der Waals surface area contributed by atoms with Crippen LogP contribution < -0.4 is 5.32 Å². The monoisotopic (exact) mass is 166 g/mol. The van der Waals surface area contributed by atoms with Gasteiger partial charge in [-0.3, -0.25) is 4.99 Å². The fraction of sp³-hybridized carbons (Fsp3) is 0.900. The molecule has 1 aliphatic carbocycles. The van der Waals surface area contributed by atoms with Crippen molar-refractivity contribution in [1.29, 1.82) is 0 Å². The molecule has 0 radical (unpaired) electrons. The molecule has 2 rings (SSSR count). The smallest absolute Gasteiger partial charge is 0.0492 e. The van der Waals surface area contributed by atoms with Crippen LogP contribution in [0.1, 0.15) is 32.1 Å². The standard InChI is InChI=1S/C10H18N2/c1-11-9-2-4-10(5-3-9)6-7-12-8-10/h9,12H,1-8H2. The van der Waals surface area contributed by atoms with Crippen LogP contribution in [0.5, 0.6) is 0 Å². The quantitative estimate of drug-likeness (QED) is 0.588. The lowest BCUT2D eigenvalue weighted by atomic mass is 9.72. The molecule has 0 aromatic carbocycles. The van der Waals surface area contributed by atoms with Crippen molar-refractivity contribution in [3.63, 3.8) is 0 Å². The first kappa shape index (κ1) is 8.24. The molecule has 2 heteroatoms. The second-order valence-corrected chi connectivity index (χ2v) is 4.34. The molecule has 1 saturated heterocycles. The molecular formula is C10H18N2. The van der Waals surface area contributed by atoms with Gasteiger partial charge in [0.2, 0.25) is 0 Å². The highest BCUT2D eigenvalue weighted by Gasteiger charge is 2.37. The first-order valence-electron chi connectivity index (χ1n) is 5.01. The largest absolute Gasteiger partial charge is 0.316 e. The molecule has 0 unspecified atom stereocenters. The maximum atomic E-state index is 4.13. The highest BCUT2D eigenvalue weighted by atomic mass is 14.9. The second-order valence-electron chi connectivity index (χ2n) is 4.34. The van der Waals surface area contributed by atoms with E-state index in [1.807, 2.05) is 0 Å². The first-order chi connectivity index (χ1) is 5.85. The van der Waals surface area contributed by atoms with Gasteiger partial charge < -0.3 is 5.32 Å². The number of hydrogen-bond acceptors (Lipinski definition) is 2. The van der Waals surface area contributed by atoms with Gasteiger partial charge in [-0.25, -0.2) is 0 Å². The second kappa shape index (κ2) is 3.17. The predicted octanol–water partition coefficient (Wildman–Crippen LogP) is 1.61. The van der Waals surface area contributed by atoms with Gasteiger partial charge in [-0.1, -0.05) is 0 Å². The minimum absolute atomic E-state index is 0.566. The molecule has 2 aliphatic rings. The molecule has 1 spiro atoms. The lowest BCUT2D eigenvalue weighted by molar-refractivity contribution is 0.201. The minimum atomic E-state index is 0.566. The van der Waals surface area contributed by atoms with Crippen molar-refractivity contribution in [1.82, 2.24) is 5.32 Å². The fourth-order valence-corrected chi connectivity index (χ4v) is 2.62. The summed E-state index contributed by atoms with van der Waals surface area (Å²) in [5.41, 5.74) is 0.654. The Morgan fingerprint density at radius 2 is 2.00 bits per heavy atom. The molecule has 2 nitrogen and oxygen atoms in total. The van der Waals surface area contributed by atoms with Gasteiger partial charge in [-0.15, -0.1) is 0 Å². The molecule has 0 atom stereocenters. The Morgan fingerprint density at radius 3 is 2.50 bits per heavy atom. The summed E-state index contributed by atoms with van der Waals surface area (Å²) >= 11 is 0. The maximum Gasteiger partial charge on any atom is 0.0492 e. The van der Waals surface area contributed by atoms with Gasteiger partial charge in [0.1, 0.15) is 0 Å².